The lowest BCUT2D eigenvalue weighted by Crippen LogP contribution is -2.36. The average molecular weight is 365 g/mol. The van der Waals surface area contributed by atoms with Gasteiger partial charge in [-0.25, -0.2) is 0 Å². The third-order valence-corrected chi connectivity index (χ3v) is 5.03. The van der Waals surface area contributed by atoms with Crippen molar-refractivity contribution in [2.45, 2.75) is 44.6 Å². The number of hydrogen-bond acceptors (Lipinski definition) is 2. The van der Waals surface area contributed by atoms with Crippen molar-refractivity contribution in [3.05, 3.63) is 28.7 Å². The molecule has 2 amide bonds. The number of carbonyl (C=O) groups is 2. The SMILES string of the molecule is O=C(Nc1ccc(Br)cc1)C1CCC(C(=O)NC2CC2)CC1. The van der Waals surface area contributed by atoms with Gasteiger partial charge in [0.1, 0.15) is 0 Å². The quantitative estimate of drug-likeness (QED) is 0.859. The summed E-state index contributed by atoms with van der Waals surface area (Å²) in [6, 6.07) is 8.02. The van der Waals surface area contributed by atoms with Gasteiger partial charge in [0.15, 0.2) is 0 Å². The predicted octanol–water partition coefficient (Wildman–Crippen LogP) is 3.47. The standard InChI is InChI=1S/C17H21BrN2O2/c18-13-5-7-14(8-6-13)19-16(21)11-1-3-12(4-2-11)17(22)20-15-9-10-15/h5-8,11-12,15H,1-4,9-10H2,(H,19,21)(H,20,22). The van der Waals surface area contributed by atoms with E-state index in [1.807, 2.05) is 24.3 Å². The van der Waals surface area contributed by atoms with Crippen molar-refractivity contribution in [3.8, 4) is 0 Å². The van der Waals surface area contributed by atoms with Gasteiger partial charge in [0.2, 0.25) is 11.8 Å². The van der Waals surface area contributed by atoms with Crippen LogP contribution in [-0.4, -0.2) is 17.9 Å². The number of amides is 2. The van der Waals surface area contributed by atoms with Crippen LogP contribution < -0.4 is 10.6 Å². The maximum Gasteiger partial charge on any atom is 0.227 e. The Morgan fingerprint density at radius 1 is 0.864 bits per heavy atom. The van der Waals surface area contributed by atoms with Crippen molar-refractivity contribution in [2.75, 3.05) is 5.32 Å². The smallest absolute Gasteiger partial charge is 0.227 e. The van der Waals surface area contributed by atoms with Crippen LogP contribution in [0.4, 0.5) is 5.69 Å². The van der Waals surface area contributed by atoms with Crippen LogP contribution >= 0.6 is 15.9 Å². The first kappa shape index (κ1) is 15.5. The Morgan fingerprint density at radius 2 is 1.41 bits per heavy atom. The molecule has 0 aromatic heterocycles. The first-order valence-corrected chi connectivity index (χ1v) is 8.78. The Labute approximate surface area is 139 Å². The number of anilines is 1. The molecule has 0 heterocycles. The van der Waals surface area contributed by atoms with Crippen LogP contribution in [0, 0.1) is 11.8 Å². The van der Waals surface area contributed by atoms with Crippen molar-refractivity contribution >= 4 is 33.4 Å². The van der Waals surface area contributed by atoms with Gasteiger partial charge in [-0.2, -0.15) is 0 Å². The minimum atomic E-state index is 0.0219. The third kappa shape index (κ3) is 4.09. The number of rotatable bonds is 4. The van der Waals surface area contributed by atoms with Crippen molar-refractivity contribution in [1.29, 1.82) is 0 Å². The highest BCUT2D eigenvalue weighted by Crippen LogP contribution is 2.31. The molecule has 118 valence electrons. The summed E-state index contributed by atoms with van der Waals surface area (Å²) in [5.41, 5.74) is 0.821. The molecule has 2 saturated carbocycles. The van der Waals surface area contributed by atoms with Crippen LogP contribution in [0.3, 0.4) is 0 Å². The molecular formula is C17H21BrN2O2. The first-order chi connectivity index (χ1) is 10.6. The fourth-order valence-corrected chi connectivity index (χ4v) is 3.21. The highest BCUT2D eigenvalue weighted by atomic mass is 79.9. The molecule has 22 heavy (non-hydrogen) atoms. The summed E-state index contributed by atoms with van der Waals surface area (Å²) in [6.07, 6.45) is 5.47. The molecular weight excluding hydrogens is 344 g/mol. The molecule has 0 atom stereocenters. The minimum absolute atomic E-state index is 0.0219. The first-order valence-electron chi connectivity index (χ1n) is 7.98. The van der Waals surface area contributed by atoms with Gasteiger partial charge in [0, 0.05) is 28.0 Å². The summed E-state index contributed by atoms with van der Waals surface area (Å²) in [6.45, 7) is 0. The lowest BCUT2D eigenvalue weighted by molar-refractivity contribution is -0.128. The Kier molecular flexibility index (Phi) is 4.81. The summed E-state index contributed by atoms with van der Waals surface area (Å²) >= 11 is 3.38. The molecule has 2 aliphatic rings. The molecule has 3 rings (SSSR count). The van der Waals surface area contributed by atoms with Crippen LogP contribution in [0.5, 0.6) is 0 Å². The molecule has 1 aromatic rings. The van der Waals surface area contributed by atoms with E-state index in [1.54, 1.807) is 0 Å². The minimum Gasteiger partial charge on any atom is -0.353 e. The topological polar surface area (TPSA) is 58.2 Å². The van der Waals surface area contributed by atoms with E-state index in [-0.39, 0.29) is 23.7 Å². The summed E-state index contributed by atoms with van der Waals surface area (Å²) in [4.78, 5) is 24.3. The van der Waals surface area contributed by atoms with E-state index >= 15 is 0 Å². The molecule has 0 radical (unpaired) electrons. The van der Waals surface area contributed by atoms with Crippen molar-refractivity contribution in [3.63, 3.8) is 0 Å². The molecule has 0 saturated heterocycles. The average Bonchev–Trinajstić information content (AvgIpc) is 3.33. The van der Waals surface area contributed by atoms with E-state index in [0.717, 1.165) is 48.7 Å². The zero-order chi connectivity index (χ0) is 15.5. The van der Waals surface area contributed by atoms with Crippen molar-refractivity contribution < 1.29 is 9.59 Å². The van der Waals surface area contributed by atoms with Crippen molar-refractivity contribution in [2.24, 2.45) is 11.8 Å². The van der Waals surface area contributed by atoms with Gasteiger partial charge in [0.25, 0.3) is 0 Å². The van der Waals surface area contributed by atoms with Crippen LogP contribution in [-0.2, 0) is 9.59 Å². The van der Waals surface area contributed by atoms with Crippen LogP contribution in [0.15, 0.2) is 28.7 Å². The van der Waals surface area contributed by atoms with E-state index in [2.05, 4.69) is 26.6 Å². The van der Waals surface area contributed by atoms with Gasteiger partial charge in [-0.15, -0.1) is 0 Å². The van der Waals surface area contributed by atoms with E-state index in [9.17, 15) is 9.59 Å². The molecule has 2 N–H and O–H groups in total. The van der Waals surface area contributed by atoms with Crippen LogP contribution in [0.1, 0.15) is 38.5 Å². The molecule has 0 bridgehead atoms. The summed E-state index contributed by atoms with van der Waals surface area (Å²) < 4.78 is 0.993. The van der Waals surface area contributed by atoms with Gasteiger partial charge in [-0.1, -0.05) is 15.9 Å². The fraction of sp³-hybridized carbons (Fsp3) is 0.529. The van der Waals surface area contributed by atoms with Gasteiger partial charge >= 0.3 is 0 Å². The van der Waals surface area contributed by atoms with Gasteiger partial charge in [0.05, 0.1) is 0 Å². The van der Waals surface area contributed by atoms with E-state index < -0.39 is 0 Å². The molecule has 4 nitrogen and oxygen atoms in total. The molecule has 2 fully saturated rings. The highest BCUT2D eigenvalue weighted by Gasteiger charge is 2.32. The molecule has 0 spiro atoms. The summed E-state index contributed by atoms with van der Waals surface area (Å²) in [5, 5.41) is 6.03. The summed E-state index contributed by atoms with van der Waals surface area (Å²) in [5.74, 6) is 0.378. The maximum atomic E-state index is 12.3. The molecule has 0 aliphatic heterocycles. The lowest BCUT2D eigenvalue weighted by Gasteiger charge is -2.27. The maximum absolute atomic E-state index is 12.3. The van der Waals surface area contributed by atoms with Crippen LogP contribution in [0.2, 0.25) is 0 Å². The fourth-order valence-electron chi connectivity index (χ4n) is 2.94. The highest BCUT2D eigenvalue weighted by molar-refractivity contribution is 9.10. The number of benzene rings is 1. The Bertz CT molecular complexity index is 546. The second-order valence-corrected chi connectivity index (χ2v) is 7.24. The zero-order valence-corrected chi connectivity index (χ0v) is 14.1. The van der Waals surface area contributed by atoms with Gasteiger partial charge in [-0.3, -0.25) is 9.59 Å². The second kappa shape index (κ2) is 6.82. The molecule has 0 unspecified atom stereocenters. The molecule has 2 aliphatic carbocycles. The molecule has 5 heteroatoms. The lowest BCUT2D eigenvalue weighted by atomic mass is 9.81. The normalized spacial score (nSPS) is 24.6. The van der Waals surface area contributed by atoms with Crippen LogP contribution in [0.25, 0.3) is 0 Å². The van der Waals surface area contributed by atoms with Gasteiger partial charge < -0.3 is 10.6 Å². The number of halogens is 1. The third-order valence-electron chi connectivity index (χ3n) is 4.50. The number of carbonyl (C=O) groups excluding carboxylic acids is 2. The molecule has 1 aromatic carbocycles. The Morgan fingerprint density at radius 3 is 1.95 bits per heavy atom. The second-order valence-electron chi connectivity index (χ2n) is 6.33. The monoisotopic (exact) mass is 364 g/mol. The predicted molar refractivity (Wildman–Crippen MR) is 89.4 cm³/mol. The number of hydrogen-bond donors (Lipinski definition) is 2. The van der Waals surface area contributed by atoms with E-state index in [0.29, 0.717) is 6.04 Å². The number of nitrogens with one attached hydrogen (secondary N) is 2. The van der Waals surface area contributed by atoms with Gasteiger partial charge in [-0.05, 0) is 62.8 Å². The van der Waals surface area contributed by atoms with E-state index in [1.165, 1.54) is 0 Å². The van der Waals surface area contributed by atoms with E-state index in [4.69, 9.17) is 0 Å². The largest absolute Gasteiger partial charge is 0.353 e. The Balaban J connectivity index is 1.46. The Hall–Kier alpha value is -1.36. The summed E-state index contributed by atoms with van der Waals surface area (Å²) in [7, 11) is 0. The zero-order valence-electron chi connectivity index (χ0n) is 12.5. The van der Waals surface area contributed by atoms with Crippen molar-refractivity contribution in [1.82, 2.24) is 5.32 Å².